The Morgan fingerprint density at radius 1 is 1.38 bits per heavy atom. The second-order valence-electron chi connectivity index (χ2n) is 3.88. The van der Waals surface area contributed by atoms with E-state index in [0.717, 1.165) is 21.0 Å². The van der Waals surface area contributed by atoms with Crippen molar-refractivity contribution in [1.29, 1.82) is 5.26 Å². The smallest absolute Gasteiger partial charge is 0.206 e. The number of anilines is 1. The van der Waals surface area contributed by atoms with E-state index in [0.29, 0.717) is 18.7 Å². The molecular weight excluding hydrogens is 304 g/mol. The minimum absolute atomic E-state index is 0.575. The minimum atomic E-state index is 0.575. The fourth-order valence-corrected chi connectivity index (χ4v) is 3.06. The molecule has 0 unspecified atom stereocenters. The average molecular weight is 318 g/mol. The van der Waals surface area contributed by atoms with E-state index in [1.54, 1.807) is 42.1 Å². The Kier molecular flexibility index (Phi) is 6.06. The molecule has 0 fully saturated rings. The fraction of sp³-hybridized carbons (Fsp3) is 0.214. The molecule has 0 spiro atoms. The molecule has 0 radical (unpaired) electrons. The van der Waals surface area contributed by atoms with Crippen LogP contribution in [0.1, 0.15) is 5.56 Å². The van der Waals surface area contributed by atoms with E-state index in [4.69, 9.17) is 10.00 Å². The molecule has 2 rings (SSSR count). The summed E-state index contributed by atoms with van der Waals surface area (Å²) in [6, 6.07) is 9.15. The average Bonchev–Trinajstić information content (AvgIpc) is 2.98. The summed E-state index contributed by atoms with van der Waals surface area (Å²) >= 11 is 3.12. The molecule has 0 bridgehead atoms. The molecule has 0 aliphatic rings. The summed E-state index contributed by atoms with van der Waals surface area (Å²) < 4.78 is 6.50. The number of ether oxygens (including phenoxy) is 1. The number of nitriles is 1. The highest BCUT2D eigenvalue weighted by atomic mass is 32.2. The highest BCUT2D eigenvalue weighted by Gasteiger charge is 2.03. The number of thioether (sulfide) groups is 1. The van der Waals surface area contributed by atoms with Crippen LogP contribution in [0.4, 0.5) is 5.13 Å². The van der Waals surface area contributed by atoms with Gasteiger partial charge in [-0.1, -0.05) is 29.2 Å². The first-order valence-electron chi connectivity index (χ1n) is 6.26. The Balaban J connectivity index is 1.70. The van der Waals surface area contributed by atoms with E-state index in [2.05, 4.69) is 28.2 Å². The molecule has 0 aliphatic heterocycles. The van der Waals surface area contributed by atoms with Crippen LogP contribution in [0.2, 0.25) is 0 Å². The van der Waals surface area contributed by atoms with Crippen LogP contribution in [0.5, 0.6) is 5.75 Å². The first-order chi connectivity index (χ1) is 10.3. The standard InChI is InChI=1S/C14H14N4OS2/c1-2-7-16-13-17-18-14(21-13)20-9-8-19-12-5-3-11(10-15)4-6-12/h2-6H,1,7-9H2,(H,16,17). The largest absolute Gasteiger partial charge is 0.493 e. The zero-order valence-corrected chi connectivity index (χ0v) is 12.9. The number of nitrogens with zero attached hydrogens (tertiary/aromatic N) is 3. The quantitative estimate of drug-likeness (QED) is 0.458. The summed E-state index contributed by atoms with van der Waals surface area (Å²) in [7, 11) is 0. The summed E-state index contributed by atoms with van der Waals surface area (Å²) in [5.41, 5.74) is 0.630. The van der Waals surface area contributed by atoms with Gasteiger partial charge in [-0.25, -0.2) is 0 Å². The molecule has 0 saturated heterocycles. The van der Waals surface area contributed by atoms with Gasteiger partial charge in [-0.05, 0) is 24.3 Å². The van der Waals surface area contributed by atoms with Gasteiger partial charge in [0.1, 0.15) is 5.75 Å². The third kappa shape index (κ3) is 5.10. The van der Waals surface area contributed by atoms with Crippen LogP contribution >= 0.6 is 23.1 Å². The molecule has 0 amide bonds. The highest BCUT2D eigenvalue weighted by molar-refractivity contribution is 8.01. The molecule has 1 aromatic heterocycles. The van der Waals surface area contributed by atoms with Gasteiger partial charge in [0.25, 0.3) is 0 Å². The lowest BCUT2D eigenvalue weighted by Crippen LogP contribution is -1.99. The maximum atomic E-state index is 8.71. The summed E-state index contributed by atoms with van der Waals surface area (Å²) in [4.78, 5) is 0. The third-order valence-corrected chi connectivity index (χ3v) is 4.34. The van der Waals surface area contributed by atoms with E-state index in [9.17, 15) is 0 Å². The van der Waals surface area contributed by atoms with Gasteiger partial charge < -0.3 is 10.1 Å². The molecule has 7 heteroatoms. The lowest BCUT2D eigenvalue weighted by Gasteiger charge is -2.04. The predicted octanol–water partition coefficient (Wildman–Crippen LogP) is 3.18. The van der Waals surface area contributed by atoms with Gasteiger partial charge in [0.15, 0.2) is 4.34 Å². The Labute approximate surface area is 131 Å². The van der Waals surface area contributed by atoms with Crippen LogP contribution in [-0.4, -0.2) is 29.1 Å². The van der Waals surface area contributed by atoms with Gasteiger partial charge in [-0.15, -0.1) is 16.8 Å². The van der Waals surface area contributed by atoms with Crippen molar-refractivity contribution in [3.63, 3.8) is 0 Å². The Bertz CT molecular complexity index is 619. The SMILES string of the molecule is C=CCNc1nnc(SCCOc2ccc(C#N)cc2)s1. The summed E-state index contributed by atoms with van der Waals surface area (Å²) in [5, 5.41) is 20.7. The van der Waals surface area contributed by atoms with Crippen molar-refractivity contribution < 1.29 is 4.74 Å². The second kappa shape index (κ2) is 8.29. The number of rotatable bonds is 8. The van der Waals surface area contributed by atoms with E-state index in [1.165, 1.54) is 11.3 Å². The van der Waals surface area contributed by atoms with Gasteiger partial charge in [0.05, 0.1) is 18.2 Å². The van der Waals surface area contributed by atoms with Crippen molar-refractivity contribution in [3.05, 3.63) is 42.5 Å². The van der Waals surface area contributed by atoms with E-state index in [1.807, 2.05) is 0 Å². The number of nitrogens with one attached hydrogen (secondary N) is 1. The molecule has 21 heavy (non-hydrogen) atoms. The monoisotopic (exact) mass is 318 g/mol. The molecule has 1 heterocycles. The first kappa shape index (κ1) is 15.4. The topological polar surface area (TPSA) is 70.8 Å². The molecule has 0 aliphatic carbocycles. The number of aromatic nitrogens is 2. The summed E-state index contributed by atoms with van der Waals surface area (Å²) in [6.07, 6.45) is 1.78. The summed E-state index contributed by atoms with van der Waals surface area (Å²) in [6.45, 7) is 4.89. The first-order valence-corrected chi connectivity index (χ1v) is 8.06. The summed E-state index contributed by atoms with van der Waals surface area (Å²) in [5.74, 6) is 1.55. The van der Waals surface area contributed by atoms with Crippen molar-refractivity contribution in [3.8, 4) is 11.8 Å². The molecule has 1 N–H and O–H groups in total. The Hall–Kier alpha value is -2.04. The van der Waals surface area contributed by atoms with Crippen LogP contribution in [0.3, 0.4) is 0 Å². The van der Waals surface area contributed by atoms with Crippen LogP contribution in [0.15, 0.2) is 41.3 Å². The molecule has 0 saturated carbocycles. The molecular formula is C14H14N4OS2. The highest BCUT2D eigenvalue weighted by Crippen LogP contribution is 2.25. The van der Waals surface area contributed by atoms with Gasteiger partial charge in [0.2, 0.25) is 5.13 Å². The third-order valence-electron chi connectivity index (χ3n) is 2.37. The van der Waals surface area contributed by atoms with Crippen LogP contribution in [-0.2, 0) is 0 Å². The second-order valence-corrected chi connectivity index (χ2v) is 6.20. The van der Waals surface area contributed by atoms with E-state index < -0.39 is 0 Å². The lowest BCUT2D eigenvalue weighted by atomic mass is 10.2. The van der Waals surface area contributed by atoms with Gasteiger partial charge in [0, 0.05) is 12.3 Å². The zero-order valence-electron chi connectivity index (χ0n) is 11.3. The van der Waals surface area contributed by atoms with Crippen molar-refractivity contribution >= 4 is 28.2 Å². The van der Waals surface area contributed by atoms with Crippen LogP contribution < -0.4 is 10.1 Å². The molecule has 0 atom stereocenters. The molecule has 108 valence electrons. The predicted molar refractivity (Wildman–Crippen MR) is 86.0 cm³/mol. The minimum Gasteiger partial charge on any atom is -0.493 e. The van der Waals surface area contributed by atoms with Crippen molar-refractivity contribution in [2.75, 3.05) is 24.2 Å². The Morgan fingerprint density at radius 2 is 2.19 bits per heavy atom. The normalized spacial score (nSPS) is 9.86. The zero-order chi connectivity index (χ0) is 14.9. The van der Waals surface area contributed by atoms with Gasteiger partial charge in [-0.3, -0.25) is 0 Å². The fourth-order valence-electron chi connectivity index (χ4n) is 1.41. The number of benzene rings is 1. The van der Waals surface area contributed by atoms with E-state index >= 15 is 0 Å². The maximum absolute atomic E-state index is 8.71. The van der Waals surface area contributed by atoms with Gasteiger partial charge >= 0.3 is 0 Å². The van der Waals surface area contributed by atoms with Crippen molar-refractivity contribution in [1.82, 2.24) is 10.2 Å². The molecule has 1 aromatic carbocycles. The number of hydrogen-bond acceptors (Lipinski definition) is 7. The number of hydrogen-bond donors (Lipinski definition) is 1. The lowest BCUT2D eigenvalue weighted by molar-refractivity contribution is 0.344. The molecule has 2 aromatic rings. The van der Waals surface area contributed by atoms with E-state index in [-0.39, 0.29) is 0 Å². The molecule has 5 nitrogen and oxygen atoms in total. The maximum Gasteiger partial charge on any atom is 0.206 e. The van der Waals surface area contributed by atoms with Crippen LogP contribution in [0.25, 0.3) is 0 Å². The Morgan fingerprint density at radius 3 is 2.90 bits per heavy atom. The van der Waals surface area contributed by atoms with Crippen LogP contribution in [0, 0.1) is 11.3 Å². The van der Waals surface area contributed by atoms with Crippen molar-refractivity contribution in [2.45, 2.75) is 4.34 Å². The van der Waals surface area contributed by atoms with Crippen molar-refractivity contribution in [2.24, 2.45) is 0 Å². The van der Waals surface area contributed by atoms with Gasteiger partial charge in [-0.2, -0.15) is 5.26 Å².